The second kappa shape index (κ2) is 5.25. The molecule has 0 saturated carbocycles. The second-order valence-corrected chi connectivity index (χ2v) is 5.20. The molecule has 4 N–H and O–H groups in total. The summed E-state index contributed by atoms with van der Waals surface area (Å²) in [7, 11) is -3.62. The Bertz CT molecular complexity index is 589. The maximum atomic E-state index is 11.9. The van der Waals surface area contributed by atoms with Crippen LogP contribution in [-0.4, -0.2) is 40.2 Å². The van der Waals surface area contributed by atoms with E-state index in [4.69, 9.17) is 5.73 Å². The summed E-state index contributed by atoms with van der Waals surface area (Å²) >= 11 is 0. The van der Waals surface area contributed by atoms with Crippen LogP contribution < -0.4 is 10.5 Å². The molecule has 0 radical (unpaired) electrons. The van der Waals surface area contributed by atoms with Crippen LogP contribution in [0.5, 0.6) is 0 Å². The minimum absolute atomic E-state index is 0.00332. The van der Waals surface area contributed by atoms with Crippen LogP contribution in [0, 0.1) is 0 Å². The van der Waals surface area contributed by atoms with E-state index < -0.39 is 10.0 Å². The lowest BCUT2D eigenvalue weighted by Gasteiger charge is -2.06. The first-order valence-corrected chi connectivity index (χ1v) is 6.68. The Morgan fingerprint density at radius 3 is 3.00 bits per heavy atom. The Hall–Kier alpha value is -1.78. The molecule has 98 valence electrons. The van der Waals surface area contributed by atoms with Crippen molar-refractivity contribution >= 4 is 10.0 Å². The molecule has 2 aromatic rings. The summed E-state index contributed by atoms with van der Waals surface area (Å²) in [5.41, 5.74) is 5.87. The van der Waals surface area contributed by atoms with Gasteiger partial charge in [-0.15, -0.1) is 5.10 Å². The van der Waals surface area contributed by atoms with Crippen molar-refractivity contribution in [1.82, 2.24) is 29.9 Å². The SMILES string of the molecule is NCc1cn[nH]c1S(=O)(=O)NCCn1ccnn1. The van der Waals surface area contributed by atoms with Gasteiger partial charge in [0.2, 0.25) is 0 Å². The van der Waals surface area contributed by atoms with Crippen molar-refractivity contribution in [2.45, 2.75) is 18.1 Å². The highest BCUT2D eigenvalue weighted by atomic mass is 32.2. The zero-order chi connectivity index (χ0) is 13.0. The molecular weight excluding hydrogens is 258 g/mol. The van der Waals surface area contributed by atoms with E-state index in [0.29, 0.717) is 12.1 Å². The number of sulfonamides is 1. The lowest BCUT2D eigenvalue weighted by atomic mass is 10.4. The number of nitrogens with zero attached hydrogens (tertiary/aromatic N) is 4. The molecule has 9 nitrogen and oxygen atoms in total. The molecule has 0 amide bonds. The van der Waals surface area contributed by atoms with Gasteiger partial charge in [0.25, 0.3) is 10.0 Å². The summed E-state index contributed by atoms with van der Waals surface area (Å²) < 4.78 is 27.8. The molecule has 0 saturated heterocycles. The lowest BCUT2D eigenvalue weighted by molar-refractivity contribution is 0.549. The first kappa shape index (κ1) is 12.7. The monoisotopic (exact) mass is 271 g/mol. The van der Waals surface area contributed by atoms with Gasteiger partial charge in [-0.25, -0.2) is 13.1 Å². The van der Waals surface area contributed by atoms with Gasteiger partial charge in [-0.2, -0.15) is 5.10 Å². The lowest BCUT2D eigenvalue weighted by Crippen LogP contribution is -2.28. The van der Waals surface area contributed by atoms with E-state index in [1.54, 1.807) is 6.20 Å². The van der Waals surface area contributed by atoms with Crippen LogP contribution in [0.2, 0.25) is 0 Å². The highest BCUT2D eigenvalue weighted by Crippen LogP contribution is 2.10. The van der Waals surface area contributed by atoms with Gasteiger partial charge in [0, 0.05) is 24.8 Å². The molecule has 18 heavy (non-hydrogen) atoms. The Labute approximate surface area is 103 Å². The zero-order valence-electron chi connectivity index (χ0n) is 9.44. The summed E-state index contributed by atoms with van der Waals surface area (Å²) in [5, 5.41) is 13.4. The third-order valence-corrected chi connectivity index (χ3v) is 3.75. The van der Waals surface area contributed by atoms with Crippen molar-refractivity contribution in [3.8, 4) is 0 Å². The predicted molar refractivity (Wildman–Crippen MR) is 61.7 cm³/mol. The Kier molecular flexibility index (Phi) is 3.69. The molecule has 0 aromatic carbocycles. The quantitative estimate of drug-likeness (QED) is 0.582. The molecule has 2 rings (SSSR count). The van der Waals surface area contributed by atoms with Gasteiger partial charge in [0.05, 0.1) is 18.9 Å². The summed E-state index contributed by atoms with van der Waals surface area (Å²) in [4.78, 5) is 0. The molecular formula is C8H13N7O2S. The highest BCUT2D eigenvalue weighted by molar-refractivity contribution is 7.89. The highest BCUT2D eigenvalue weighted by Gasteiger charge is 2.19. The van der Waals surface area contributed by atoms with Gasteiger partial charge in [-0.05, 0) is 0 Å². The molecule has 2 heterocycles. The van der Waals surface area contributed by atoms with Crippen LogP contribution in [-0.2, 0) is 23.1 Å². The molecule has 0 aliphatic carbocycles. The van der Waals surface area contributed by atoms with Gasteiger partial charge in [0.15, 0.2) is 5.03 Å². The normalized spacial score (nSPS) is 11.8. The van der Waals surface area contributed by atoms with Crippen LogP contribution in [0.3, 0.4) is 0 Å². The number of aromatic nitrogens is 5. The zero-order valence-corrected chi connectivity index (χ0v) is 10.3. The molecule has 0 aliphatic heterocycles. The van der Waals surface area contributed by atoms with E-state index >= 15 is 0 Å². The second-order valence-electron chi connectivity index (χ2n) is 3.49. The fraction of sp³-hybridized carbons (Fsp3) is 0.375. The molecule has 10 heteroatoms. The third kappa shape index (κ3) is 2.72. The average Bonchev–Trinajstić information content (AvgIpc) is 2.99. The Morgan fingerprint density at radius 1 is 1.50 bits per heavy atom. The van der Waals surface area contributed by atoms with Gasteiger partial charge in [-0.3, -0.25) is 9.78 Å². The number of hydrogen-bond acceptors (Lipinski definition) is 6. The first-order valence-electron chi connectivity index (χ1n) is 5.19. The van der Waals surface area contributed by atoms with Gasteiger partial charge in [-0.1, -0.05) is 5.21 Å². The predicted octanol–water partition coefficient (Wildman–Crippen LogP) is -1.56. The van der Waals surface area contributed by atoms with Crippen LogP contribution in [0.15, 0.2) is 23.6 Å². The fourth-order valence-corrected chi connectivity index (χ4v) is 2.55. The first-order chi connectivity index (χ1) is 8.63. The summed E-state index contributed by atoms with van der Waals surface area (Å²) in [6.07, 6.45) is 4.57. The fourth-order valence-electron chi connectivity index (χ4n) is 1.40. The summed E-state index contributed by atoms with van der Waals surface area (Å²) in [6, 6.07) is 0. The van der Waals surface area contributed by atoms with E-state index in [0.717, 1.165) is 0 Å². The van der Waals surface area contributed by atoms with Crippen molar-refractivity contribution in [2.24, 2.45) is 5.73 Å². The van der Waals surface area contributed by atoms with E-state index in [2.05, 4.69) is 25.2 Å². The van der Waals surface area contributed by atoms with E-state index in [-0.39, 0.29) is 18.1 Å². The number of hydrogen-bond donors (Lipinski definition) is 3. The third-order valence-electron chi connectivity index (χ3n) is 2.27. The molecule has 0 aliphatic rings. The van der Waals surface area contributed by atoms with Gasteiger partial charge >= 0.3 is 0 Å². The van der Waals surface area contributed by atoms with E-state index in [1.807, 2.05) is 0 Å². The average molecular weight is 271 g/mol. The minimum Gasteiger partial charge on any atom is -0.326 e. The van der Waals surface area contributed by atoms with Gasteiger partial charge < -0.3 is 5.73 Å². The number of H-pyrrole nitrogens is 1. The molecule has 0 spiro atoms. The van der Waals surface area contributed by atoms with Crippen LogP contribution in [0.1, 0.15) is 5.56 Å². The van der Waals surface area contributed by atoms with Crippen molar-refractivity contribution in [3.05, 3.63) is 24.2 Å². The Morgan fingerprint density at radius 2 is 2.33 bits per heavy atom. The smallest absolute Gasteiger partial charge is 0.257 e. The molecule has 0 unspecified atom stereocenters. The number of nitrogens with two attached hydrogens (primary N) is 1. The number of aromatic amines is 1. The molecule has 2 aromatic heterocycles. The maximum absolute atomic E-state index is 11.9. The maximum Gasteiger partial charge on any atom is 0.257 e. The summed E-state index contributed by atoms with van der Waals surface area (Å²) in [6.45, 7) is 0.704. The molecule has 0 fully saturated rings. The molecule has 0 atom stereocenters. The Balaban J connectivity index is 1.99. The topological polar surface area (TPSA) is 132 Å². The van der Waals surface area contributed by atoms with Crippen LogP contribution in [0.4, 0.5) is 0 Å². The minimum atomic E-state index is -3.62. The summed E-state index contributed by atoms with van der Waals surface area (Å²) in [5.74, 6) is 0. The van der Waals surface area contributed by atoms with Crippen molar-refractivity contribution in [2.75, 3.05) is 6.54 Å². The largest absolute Gasteiger partial charge is 0.326 e. The van der Waals surface area contributed by atoms with E-state index in [1.165, 1.54) is 17.1 Å². The van der Waals surface area contributed by atoms with E-state index in [9.17, 15) is 8.42 Å². The van der Waals surface area contributed by atoms with Crippen molar-refractivity contribution < 1.29 is 8.42 Å². The standard InChI is InChI=1S/C8H13N7O2S/c9-5-7-6-11-13-8(7)18(16,17)12-2-4-15-3-1-10-14-15/h1,3,6,12H,2,4-5,9H2,(H,11,13). The number of rotatable bonds is 6. The van der Waals surface area contributed by atoms with Crippen LogP contribution in [0.25, 0.3) is 0 Å². The van der Waals surface area contributed by atoms with Gasteiger partial charge in [0.1, 0.15) is 0 Å². The number of nitrogens with one attached hydrogen (secondary N) is 2. The van der Waals surface area contributed by atoms with Crippen molar-refractivity contribution in [3.63, 3.8) is 0 Å². The molecule has 0 bridgehead atoms. The van der Waals surface area contributed by atoms with Crippen molar-refractivity contribution in [1.29, 1.82) is 0 Å². The van der Waals surface area contributed by atoms with Crippen LogP contribution >= 0.6 is 0 Å².